The van der Waals surface area contributed by atoms with Gasteiger partial charge in [-0.2, -0.15) is 5.26 Å². The van der Waals surface area contributed by atoms with Crippen molar-refractivity contribution in [2.75, 3.05) is 7.11 Å². The lowest BCUT2D eigenvalue weighted by atomic mass is 10.1. The summed E-state index contributed by atoms with van der Waals surface area (Å²) in [5.74, 6) is 0.762. The number of nitriles is 1. The van der Waals surface area contributed by atoms with Crippen LogP contribution in [0.5, 0.6) is 11.5 Å². The van der Waals surface area contributed by atoms with Gasteiger partial charge in [-0.05, 0) is 36.8 Å². The first kappa shape index (κ1) is 13.9. The summed E-state index contributed by atoms with van der Waals surface area (Å²) in [4.78, 5) is 0. The Morgan fingerprint density at radius 2 is 1.80 bits per heavy atom. The van der Waals surface area contributed by atoms with Crippen molar-refractivity contribution in [2.24, 2.45) is 0 Å². The van der Waals surface area contributed by atoms with Gasteiger partial charge in [0.05, 0.1) is 18.7 Å². The molecule has 0 aromatic heterocycles. The van der Waals surface area contributed by atoms with E-state index in [1.807, 2.05) is 13.0 Å². The van der Waals surface area contributed by atoms with Crippen LogP contribution in [0.1, 0.15) is 24.2 Å². The molecular formula is C16H14FNO2. The van der Waals surface area contributed by atoms with Crippen LogP contribution in [0.2, 0.25) is 0 Å². The molecule has 0 N–H and O–H groups in total. The third-order valence-corrected chi connectivity index (χ3v) is 2.94. The molecule has 0 bridgehead atoms. The van der Waals surface area contributed by atoms with Gasteiger partial charge in [0.25, 0.3) is 0 Å². The molecule has 3 nitrogen and oxygen atoms in total. The largest absolute Gasteiger partial charge is 0.493 e. The molecule has 2 aromatic carbocycles. The smallest absolute Gasteiger partial charge is 0.162 e. The molecule has 0 saturated heterocycles. The van der Waals surface area contributed by atoms with Gasteiger partial charge in [-0.3, -0.25) is 0 Å². The molecular weight excluding hydrogens is 257 g/mol. The first-order chi connectivity index (χ1) is 9.63. The van der Waals surface area contributed by atoms with E-state index in [4.69, 9.17) is 14.7 Å². The number of rotatable bonds is 4. The number of methoxy groups -OCH3 is 1. The topological polar surface area (TPSA) is 42.2 Å². The van der Waals surface area contributed by atoms with Crippen LogP contribution in [0.3, 0.4) is 0 Å². The van der Waals surface area contributed by atoms with Crippen LogP contribution in [0.4, 0.5) is 4.39 Å². The molecule has 0 fully saturated rings. The van der Waals surface area contributed by atoms with E-state index in [0.717, 1.165) is 5.56 Å². The standard InChI is InChI=1S/C16H14FNO2/c1-11(13-4-6-14(17)7-5-13)20-15-8-3-12(10-18)9-16(15)19-2/h3-9,11H,1-2H3/t11-/m0/s1. The molecule has 0 aliphatic rings. The first-order valence-corrected chi connectivity index (χ1v) is 6.14. The van der Waals surface area contributed by atoms with E-state index < -0.39 is 0 Å². The fourth-order valence-electron chi connectivity index (χ4n) is 1.83. The summed E-state index contributed by atoms with van der Waals surface area (Å²) in [6.07, 6.45) is -0.252. The summed E-state index contributed by atoms with van der Waals surface area (Å²) >= 11 is 0. The molecule has 0 heterocycles. The van der Waals surface area contributed by atoms with Gasteiger partial charge in [-0.15, -0.1) is 0 Å². The van der Waals surface area contributed by atoms with Gasteiger partial charge in [0, 0.05) is 6.07 Å². The van der Waals surface area contributed by atoms with E-state index in [2.05, 4.69) is 0 Å². The summed E-state index contributed by atoms with van der Waals surface area (Å²) in [5.41, 5.74) is 1.36. The average Bonchev–Trinajstić information content (AvgIpc) is 2.48. The molecule has 0 saturated carbocycles. The molecule has 0 spiro atoms. The summed E-state index contributed by atoms with van der Waals surface area (Å²) in [6, 6.07) is 13.2. The van der Waals surface area contributed by atoms with Crippen LogP contribution < -0.4 is 9.47 Å². The van der Waals surface area contributed by atoms with Gasteiger partial charge < -0.3 is 9.47 Å². The first-order valence-electron chi connectivity index (χ1n) is 6.14. The molecule has 20 heavy (non-hydrogen) atoms. The van der Waals surface area contributed by atoms with Crippen molar-refractivity contribution in [3.8, 4) is 17.6 Å². The fraction of sp³-hybridized carbons (Fsp3) is 0.188. The SMILES string of the molecule is COc1cc(C#N)ccc1O[C@@H](C)c1ccc(F)cc1. The zero-order valence-corrected chi connectivity index (χ0v) is 11.3. The minimum Gasteiger partial charge on any atom is -0.493 e. The second-order valence-corrected chi connectivity index (χ2v) is 4.29. The highest BCUT2D eigenvalue weighted by molar-refractivity contribution is 5.47. The third-order valence-electron chi connectivity index (χ3n) is 2.94. The van der Waals surface area contributed by atoms with Gasteiger partial charge in [0.1, 0.15) is 11.9 Å². The molecule has 2 rings (SSSR count). The molecule has 0 unspecified atom stereocenters. The normalized spacial score (nSPS) is 11.5. The Morgan fingerprint density at radius 3 is 2.40 bits per heavy atom. The number of benzene rings is 2. The van der Waals surface area contributed by atoms with Crippen LogP contribution in [0.15, 0.2) is 42.5 Å². The summed E-state index contributed by atoms with van der Waals surface area (Å²) in [7, 11) is 1.52. The van der Waals surface area contributed by atoms with Gasteiger partial charge >= 0.3 is 0 Å². The Bertz CT molecular complexity index is 632. The number of halogens is 1. The molecule has 2 aromatic rings. The number of ether oxygens (including phenoxy) is 2. The lowest BCUT2D eigenvalue weighted by Crippen LogP contribution is -2.04. The van der Waals surface area contributed by atoms with Crippen LogP contribution in [-0.2, 0) is 0 Å². The minimum atomic E-state index is -0.281. The van der Waals surface area contributed by atoms with Crippen molar-refractivity contribution >= 4 is 0 Å². The molecule has 0 aliphatic heterocycles. The molecule has 102 valence electrons. The maximum atomic E-state index is 12.9. The Morgan fingerprint density at radius 1 is 1.10 bits per heavy atom. The zero-order valence-electron chi connectivity index (χ0n) is 11.3. The van der Waals surface area contributed by atoms with Gasteiger partial charge in [0.2, 0.25) is 0 Å². The molecule has 0 amide bonds. The van der Waals surface area contributed by atoms with Crippen LogP contribution in [0.25, 0.3) is 0 Å². The quantitative estimate of drug-likeness (QED) is 0.848. The van der Waals surface area contributed by atoms with Gasteiger partial charge in [-0.25, -0.2) is 4.39 Å². The monoisotopic (exact) mass is 271 g/mol. The fourth-order valence-corrected chi connectivity index (χ4v) is 1.83. The van der Waals surface area contributed by atoms with Gasteiger partial charge in [-0.1, -0.05) is 12.1 Å². The van der Waals surface area contributed by atoms with E-state index in [-0.39, 0.29) is 11.9 Å². The summed E-state index contributed by atoms with van der Waals surface area (Å²) < 4.78 is 23.9. The van der Waals surface area contributed by atoms with Crippen molar-refractivity contribution < 1.29 is 13.9 Å². The second-order valence-electron chi connectivity index (χ2n) is 4.29. The minimum absolute atomic E-state index is 0.252. The van der Waals surface area contributed by atoms with E-state index in [0.29, 0.717) is 17.1 Å². The summed E-state index contributed by atoms with van der Waals surface area (Å²) in [5, 5.41) is 8.85. The molecule has 0 radical (unpaired) electrons. The maximum absolute atomic E-state index is 12.9. The zero-order chi connectivity index (χ0) is 14.5. The lowest BCUT2D eigenvalue weighted by molar-refractivity contribution is 0.216. The van der Waals surface area contributed by atoms with Crippen molar-refractivity contribution in [3.05, 3.63) is 59.4 Å². The van der Waals surface area contributed by atoms with Crippen LogP contribution >= 0.6 is 0 Å². The highest BCUT2D eigenvalue weighted by atomic mass is 19.1. The third kappa shape index (κ3) is 3.07. The highest BCUT2D eigenvalue weighted by Crippen LogP contribution is 2.31. The van der Waals surface area contributed by atoms with Crippen molar-refractivity contribution in [2.45, 2.75) is 13.0 Å². The molecule has 0 aliphatic carbocycles. The summed E-state index contributed by atoms with van der Waals surface area (Å²) in [6.45, 7) is 1.87. The number of hydrogen-bond donors (Lipinski definition) is 0. The molecule has 4 heteroatoms. The van der Waals surface area contributed by atoms with Crippen LogP contribution in [0, 0.1) is 17.1 Å². The van der Waals surface area contributed by atoms with E-state index >= 15 is 0 Å². The number of hydrogen-bond acceptors (Lipinski definition) is 3. The van der Waals surface area contributed by atoms with E-state index in [9.17, 15) is 4.39 Å². The number of nitrogens with zero attached hydrogens (tertiary/aromatic N) is 1. The van der Waals surface area contributed by atoms with E-state index in [1.54, 1.807) is 30.3 Å². The Labute approximate surface area is 117 Å². The maximum Gasteiger partial charge on any atom is 0.162 e. The highest BCUT2D eigenvalue weighted by Gasteiger charge is 2.12. The van der Waals surface area contributed by atoms with Crippen LogP contribution in [-0.4, -0.2) is 7.11 Å². The van der Waals surface area contributed by atoms with Gasteiger partial charge in [0.15, 0.2) is 11.5 Å². The molecule has 1 atom stereocenters. The van der Waals surface area contributed by atoms with E-state index in [1.165, 1.54) is 19.2 Å². The second kappa shape index (κ2) is 6.07. The Balaban J connectivity index is 2.21. The van der Waals surface area contributed by atoms with Crippen molar-refractivity contribution in [1.82, 2.24) is 0 Å². The predicted molar refractivity (Wildman–Crippen MR) is 73.2 cm³/mol. The average molecular weight is 271 g/mol. The lowest BCUT2D eigenvalue weighted by Gasteiger charge is -2.17. The Hall–Kier alpha value is -2.54. The van der Waals surface area contributed by atoms with Crippen molar-refractivity contribution in [1.29, 1.82) is 5.26 Å². The van der Waals surface area contributed by atoms with Crippen molar-refractivity contribution in [3.63, 3.8) is 0 Å². The Kier molecular flexibility index (Phi) is 4.21. The predicted octanol–water partition coefficient (Wildman–Crippen LogP) is 3.85.